The molecule has 0 atom stereocenters. The summed E-state index contributed by atoms with van der Waals surface area (Å²) in [7, 11) is 0. The van der Waals surface area contributed by atoms with Crippen LogP contribution in [0.4, 0.5) is 8.78 Å². The second-order valence-corrected chi connectivity index (χ2v) is 8.01. The zero-order chi connectivity index (χ0) is 21.5. The molecule has 0 saturated heterocycles. The average molecular weight is 434 g/mol. The second kappa shape index (κ2) is 7.63. The highest BCUT2D eigenvalue weighted by Crippen LogP contribution is 2.27. The molecule has 31 heavy (non-hydrogen) atoms. The van der Waals surface area contributed by atoms with E-state index in [1.165, 1.54) is 28.5 Å². The Morgan fingerprint density at radius 3 is 2.55 bits per heavy atom. The van der Waals surface area contributed by atoms with E-state index < -0.39 is 11.6 Å². The standard InChI is InChI=1S/C23H16F2N4OS/c1-14-7-2-4-11-18(14)28-21(30)16-9-3-5-12-19(16)29-22(28)26-27-23(29)31-13-15-8-6-10-17(24)20(15)25/h2-12H,13H2,1H3. The molecule has 154 valence electrons. The first-order chi connectivity index (χ1) is 15.1. The number of aromatic nitrogens is 4. The lowest BCUT2D eigenvalue weighted by atomic mass is 10.2. The van der Waals surface area contributed by atoms with Gasteiger partial charge in [-0.25, -0.2) is 13.3 Å². The molecule has 0 amide bonds. The molecule has 8 heteroatoms. The highest BCUT2D eigenvalue weighted by atomic mass is 32.2. The lowest BCUT2D eigenvalue weighted by molar-refractivity contribution is 0.502. The first-order valence-electron chi connectivity index (χ1n) is 9.57. The van der Waals surface area contributed by atoms with Crippen molar-refractivity contribution in [3.8, 4) is 5.69 Å². The van der Waals surface area contributed by atoms with Gasteiger partial charge >= 0.3 is 0 Å². The van der Waals surface area contributed by atoms with Crippen molar-refractivity contribution in [2.24, 2.45) is 0 Å². The van der Waals surface area contributed by atoms with Gasteiger partial charge in [-0.05, 0) is 36.8 Å². The normalized spacial score (nSPS) is 11.5. The van der Waals surface area contributed by atoms with Gasteiger partial charge in [-0.2, -0.15) is 0 Å². The maximum Gasteiger partial charge on any atom is 0.267 e. The first-order valence-corrected chi connectivity index (χ1v) is 10.6. The minimum atomic E-state index is -0.886. The van der Waals surface area contributed by atoms with Gasteiger partial charge in [-0.3, -0.25) is 9.20 Å². The van der Waals surface area contributed by atoms with Crippen LogP contribution in [0.2, 0.25) is 0 Å². The predicted molar refractivity (Wildman–Crippen MR) is 117 cm³/mol. The van der Waals surface area contributed by atoms with Crippen molar-refractivity contribution in [3.05, 3.63) is 99.8 Å². The number of nitrogens with zero attached hydrogens (tertiary/aromatic N) is 4. The molecule has 0 spiro atoms. The van der Waals surface area contributed by atoms with Crippen LogP contribution in [0.25, 0.3) is 22.4 Å². The maximum absolute atomic E-state index is 14.1. The zero-order valence-corrected chi connectivity index (χ0v) is 17.2. The van der Waals surface area contributed by atoms with Crippen molar-refractivity contribution in [1.29, 1.82) is 0 Å². The summed E-state index contributed by atoms with van der Waals surface area (Å²) in [4.78, 5) is 13.3. The fourth-order valence-electron chi connectivity index (χ4n) is 3.61. The fourth-order valence-corrected chi connectivity index (χ4v) is 4.52. The lowest BCUT2D eigenvalue weighted by Crippen LogP contribution is -2.22. The van der Waals surface area contributed by atoms with Gasteiger partial charge in [-0.1, -0.05) is 54.2 Å². The summed E-state index contributed by atoms with van der Waals surface area (Å²) < 4.78 is 31.0. The number of thioether (sulfide) groups is 1. The number of para-hydroxylation sites is 2. The van der Waals surface area contributed by atoms with Crippen LogP contribution in [-0.4, -0.2) is 19.2 Å². The Labute approximate surface area is 180 Å². The van der Waals surface area contributed by atoms with E-state index in [1.807, 2.05) is 43.3 Å². The molecule has 5 aromatic rings. The predicted octanol–water partition coefficient (Wildman–Crippen LogP) is 4.91. The Kier molecular flexibility index (Phi) is 4.78. The number of fused-ring (bicyclic) bond motifs is 3. The van der Waals surface area contributed by atoms with E-state index in [-0.39, 0.29) is 16.9 Å². The molecule has 0 aliphatic carbocycles. The number of benzene rings is 3. The quantitative estimate of drug-likeness (QED) is 0.377. The van der Waals surface area contributed by atoms with Crippen molar-refractivity contribution in [1.82, 2.24) is 19.2 Å². The molecular formula is C23H16F2N4OS. The second-order valence-electron chi connectivity index (χ2n) is 7.06. The molecule has 0 aliphatic rings. The van der Waals surface area contributed by atoms with E-state index in [4.69, 9.17) is 0 Å². The van der Waals surface area contributed by atoms with Crippen molar-refractivity contribution >= 4 is 28.4 Å². The highest BCUT2D eigenvalue weighted by Gasteiger charge is 2.19. The summed E-state index contributed by atoms with van der Waals surface area (Å²) >= 11 is 1.23. The summed E-state index contributed by atoms with van der Waals surface area (Å²) in [5, 5.41) is 9.55. The van der Waals surface area contributed by atoms with Crippen LogP contribution in [0.15, 0.2) is 76.7 Å². The summed E-state index contributed by atoms with van der Waals surface area (Å²) in [5.41, 5.74) is 2.32. The van der Waals surface area contributed by atoms with Gasteiger partial charge in [0.25, 0.3) is 5.56 Å². The van der Waals surface area contributed by atoms with Crippen LogP contribution in [0.1, 0.15) is 11.1 Å². The van der Waals surface area contributed by atoms with Crippen LogP contribution in [-0.2, 0) is 5.75 Å². The van der Waals surface area contributed by atoms with Crippen LogP contribution >= 0.6 is 11.8 Å². The van der Waals surface area contributed by atoms with Crippen LogP contribution in [0.5, 0.6) is 0 Å². The van der Waals surface area contributed by atoms with E-state index in [0.29, 0.717) is 27.5 Å². The molecule has 5 nitrogen and oxygen atoms in total. The van der Waals surface area contributed by atoms with Gasteiger partial charge < -0.3 is 0 Å². The van der Waals surface area contributed by atoms with Crippen molar-refractivity contribution in [3.63, 3.8) is 0 Å². The van der Waals surface area contributed by atoms with Crippen molar-refractivity contribution in [2.75, 3.05) is 0 Å². The first kappa shape index (κ1) is 19.4. The van der Waals surface area contributed by atoms with Crippen molar-refractivity contribution < 1.29 is 8.78 Å². The van der Waals surface area contributed by atoms with Gasteiger partial charge in [0.1, 0.15) is 0 Å². The third-order valence-corrected chi connectivity index (χ3v) is 6.12. The molecule has 2 heterocycles. The largest absolute Gasteiger partial charge is 0.268 e. The molecule has 5 rings (SSSR count). The number of aryl methyl sites for hydroxylation is 1. The molecule has 0 radical (unpaired) electrons. The number of rotatable bonds is 4. The third kappa shape index (κ3) is 3.19. The van der Waals surface area contributed by atoms with Crippen molar-refractivity contribution in [2.45, 2.75) is 17.8 Å². The summed E-state index contributed by atoms with van der Waals surface area (Å²) in [5.74, 6) is -1.23. The SMILES string of the molecule is Cc1ccccc1-n1c(=O)c2ccccc2n2c(SCc3cccc(F)c3F)nnc12. The zero-order valence-electron chi connectivity index (χ0n) is 16.4. The van der Waals surface area contributed by atoms with E-state index in [1.54, 1.807) is 16.5 Å². The number of hydrogen-bond acceptors (Lipinski definition) is 4. The fraction of sp³-hybridized carbons (Fsp3) is 0.0870. The highest BCUT2D eigenvalue weighted by molar-refractivity contribution is 7.98. The Morgan fingerprint density at radius 1 is 0.935 bits per heavy atom. The molecule has 2 aromatic heterocycles. The Hall–Kier alpha value is -3.52. The van der Waals surface area contributed by atoms with Crippen LogP contribution in [0, 0.1) is 18.6 Å². The summed E-state index contributed by atoms with van der Waals surface area (Å²) in [6.07, 6.45) is 0. The van der Waals surface area contributed by atoms with Crippen LogP contribution < -0.4 is 5.56 Å². The molecule has 3 aromatic carbocycles. The van der Waals surface area contributed by atoms with E-state index >= 15 is 0 Å². The lowest BCUT2D eigenvalue weighted by Gasteiger charge is -2.13. The molecule has 0 saturated carbocycles. The van der Waals surface area contributed by atoms with E-state index in [9.17, 15) is 13.6 Å². The minimum absolute atomic E-state index is 0.169. The summed E-state index contributed by atoms with van der Waals surface area (Å²) in [6.45, 7) is 1.92. The Balaban J connectivity index is 1.73. The Morgan fingerprint density at radius 2 is 1.71 bits per heavy atom. The minimum Gasteiger partial charge on any atom is -0.268 e. The smallest absolute Gasteiger partial charge is 0.267 e. The molecule has 0 aliphatic heterocycles. The third-order valence-electron chi connectivity index (χ3n) is 5.14. The van der Waals surface area contributed by atoms with Gasteiger partial charge in [0.15, 0.2) is 16.8 Å². The van der Waals surface area contributed by atoms with E-state index in [2.05, 4.69) is 10.2 Å². The number of hydrogen-bond donors (Lipinski definition) is 0. The maximum atomic E-state index is 14.1. The average Bonchev–Trinajstić information content (AvgIpc) is 3.20. The summed E-state index contributed by atoms with van der Waals surface area (Å²) in [6, 6.07) is 18.9. The van der Waals surface area contributed by atoms with Crippen LogP contribution in [0.3, 0.4) is 0 Å². The van der Waals surface area contributed by atoms with E-state index in [0.717, 1.165) is 11.6 Å². The number of halogens is 2. The molecular weight excluding hydrogens is 418 g/mol. The molecule has 0 unspecified atom stereocenters. The molecule has 0 bridgehead atoms. The molecule has 0 fully saturated rings. The van der Waals surface area contributed by atoms with Gasteiger partial charge in [0, 0.05) is 11.3 Å². The van der Waals surface area contributed by atoms with Gasteiger partial charge in [-0.15, -0.1) is 10.2 Å². The monoisotopic (exact) mass is 434 g/mol. The van der Waals surface area contributed by atoms with Gasteiger partial charge in [0.2, 0.25) is 5.78 Å². The topological polar surface area (TPSA) is 52.2 Å². The molecule has 0 N–H and O–H groups in total. The Bertz CT molecular complexity index is 1510. The van der Waals surface area contributed by atoms with Gasteiger partial charge in [0.05, 0.1) is 16.6 Å².